The number of hydrogen-bond acceptors (Lipinski definition) is 5. The number of carbonyl (C=O) groups is 1. The largest absolute Gasteiger partial charge is 0.493 e. The van der Waals surface area contributed by atoms with Crippen LogP contribution in [0.5, 0.6) is 11.5 Å². The molecule has 2 N–H and O–H groups in total. The van der Waals surface area contributed by atoms with E-state index in [1.807, 2.05) is 18.2 Å². The first-order valence-electron chi connectivity index (χ1n) is 9.60. The predicted octanol–water partition coefficient (Wildman–Crippen LogP) is 3.48. The van der Waals surface area contributed by atoms with E-state index in [-0.39, 0.29) is 10.8 Å². The van der Waals surface area contributed by atoms with E-state index in [2.05, 4.69) is 10.0 Å². The van der Waals surface area contributed by atoms with E-state index in [9.17, 15) is 13.2 Å². The lowest BCUT2D eigenvalue weighted by atomic mass is 10.1. The van der Waals surface area contributed by atoms with Crippen molar-refractivity contribution in [2.75, 3.05) is 25.5 Å². The van der Waals surface area contributed by atoms with Gasteiger partial charge in [0.05, 0.1) is 19.1 Å². The molecule has 0 radical (unpaired) electrons. The highest BCUT2D eigenvalue weighted by Gasteiger charge is 2.14. The topological polar surface area (TPSA) is 93.7 Å². The Hall–Kier alpha value is -3.52. The lowest BCUT2D eigenvalue weighted by molar-refractivity contribution is 0.0954. The Labute approximate surface area is 182 Å². The van der Waals surface area contributed by atoms with Gasteiger partial charge in [-0.2, -0.15) is 0 Å². The van der Waals surface area contributed by atoms with Crippen molar-refractivity contribution >= 4 is 21.6 Å². The van der Waals surface area contributed by atoms with E-state index in [1.165, 1.54) is 12.1 Å². The van der Waals surface area contributed by atoms with Crippen LogP contribution in [0.25, 0.3) is 0 Å². The van der Waals surface area contributed by atoms with Crippen molar-refractivity contribution in [3.8, 4) is 11.5 Å². The van der Waals surface area contributed by atoms with Gasteiger partial charge in [-0.15, -0.1) is 0 Å². The van der Waals surface area contributed by atoms with Gasteiger partial charge in [-0.1, -0.05) is 24.3 Å². The summed E-state index contributed by atoms with van der Waals surface area (Å²) >= 11 is 0. The van der Waals surface area contributed by atoms with Gasteiger partial charge in [0.15, 0.2) is 11.5 Å². The minimum atomic E-state index is -3.67. The molecule has 0 atom stereocenters. The van der Waals surface area contributed by atoms with Crippen molar-refractivity contribution in [1.29, 1.82) is 0 Å². The van der Waals surface area contributed by atoms with E-state index in [0.29, 0.717) is 35.7 Å². The first-order valence-corrected chi connectivity index (χ1v) is 11.1. The third kappa shape index (κ3) is 5.76. The second-order valence-corrected chi connectivity index (χ2v) is 8.37. The normalized spacial score (nSPS) is 10.9. The summed E-state index contributed by atoms with van der Waals surface area (Å²) in [6.45, 7) is 0.441. The minimum absolute atomic E-state index is 0.173. The van der Waals surface area contributed by atoms with Crippen molar-refractivity contribution in [1.82, 2.24) is 5.32 Å². The van der Waals surface area contributed by atoms with Crippen molar-refractivity contribution < 1.29 is 22.7 Å². The standard InChI is InChI=1S/C23H24N2O5S/c1-29-21-13-8-17(16-22(21)30-2)14-15-24-23(26)18-9-11-19(12-10-18)25-31(27,28)20-6-4-3-5-7-20/h3-13,16,25H,14-15H2,1-2H3,(H,24,26). The van der Waals surface area contributed by atoms with Crippen LogP contribution in [0.15, 0.2) is 77.7 Å². The molecule has 0 spiro atoms. The average Bonchev–Trinajstić information content (AvgIpc) is 2.79. The number of rotatable bonds is 9. The Morgan fingerprint density at radius 3 is 2.19 bits per heavy atom. The molecule has 1 amide bonds. The fourth-order valence-electron chi connectivity index (χ4n) is 2.96. The second kappa shape index (κ2) is 9.99. The van der Waals surface area contributed by atoms with Gasteiger partial charge in [-0.3, -0.25) is 9.52 Å². The molecule has 8 heteroatoms. The minimum Gasteiger partial charge on any atom is -0.493 e. The Morgan fingerprint density at radius 2 is 1.55 bits per heavy atom. The van der Waals surface area contributed by atoms with Gasteiger partial charge in [-0.05, 0) is 60.5 Å². The number of benzene rings is 3. The number of ether oxygens (including phenoxy) is 2. The van der Waals surface area contributed by atoms with Crippen LogP contribution in [0.3, 0.4) is 0 Å². The Morgan fingerprint density at radius 1 is 0.871 bits per heavy atom. The van der Waals surface area contributed by atoms with Gasteiger partial charge in [0, 0.05) is 17.8 Å². The number of nitrogens with one attached hydrogen (secondary N) is 2. The van der Waals surface area contributed by atoms with Crippen molar-refractivity contribution in [3.05, 3.63) is 83.9 Å². The second-order valence-electron chi connectivity index (χ2n) is 6.69. The number of hydrogen-bond donors (Lipinski definition) is 2. The molecule has 0 unspecified atom stereocenters. The third-order valence-electron chi connectivity index (χ3n) is 4.60. The molecule has 0 bridgehead atoms. The molecular formula is C23H24N2O5S. The summed E-state index contributed by atoms with van der Waals surface area (Å²) in [5.41, 5.74) is 1.82. The number of methoxy groups -OCH3 is 2. The molecule has 0 aromatic heterocycles. The molecule has 0 heterocycles. The molecule has 7 nitrogen and oxygen atoms in total. The summed E-state index contributed by atoms with van der Waals surface area (Å²) in [4.78, 5) is 12.6. The Balaban J connectivity index is 1.56. The molecule has 0 fully saturated rings. The van der Waals surface area contributed by atoms with Gasteiger partial charge in [0.25, 0.3) is 15.9 Å². The molecule has 162 valence electrons. The van der Waals surface area contributed by atoms with Crippen LogP contribution >= 0.6 is 0 Å². The van der Waals surface area contributed by atoms with Crippen molar-refractivity contribution in [2.24, 2.45) is 0 Å². The first-order chi connectivity index (χ1) is 14.9. The summed E-state index contributed by atoms with van der Waals surface area (Å²) < 4.78 is 37.8. The van der Waals surface area contributed by atoms with Crippen molar-refractivity contribution in [3.63, 3.8) is 0 Å². The zero-order chi connectivity index (χ0) is 22.3. The smallest absolute Gasteiger partial charge is 0.261 e. The maximum atomic E-state index is 12.4. The number of anilines is 1. The van der Waals surface area contributed by atoms with Crippen LogP contribution < -0.4 is 19.5 Å². The van der Waals surface area contributed by atoms with E-state index in [1.54, 1.807) is 56.7 Å². The molecule has 0 saturated heterocycles. The van der Waals surface area contributed by atoms with Gasteiger partial charge >= 0.3 is 0 Å². The maximum Gasteiger partial charge on any atom is 0.261 e. The molecule has 3 aromatic carbocycles. The molecule has 0 saturated carbocycles. The van der Waals surface area contributed by atoms with Gasteiger partial charge in [0.1, 0.15) is 0 Å². The summed E-state index contributed by atoms with van der Waals surface area (Å²) in [7, 11) is -0.516. The molecule has 3 aromatic rings. The first kappa shape index (κ1) is 22.2. The lowest BCUT2D eigenvalue weighted by Gasteiger charge is -2.11. The lowest BCUT2D eigenvalue weighted by Crippen LogP contribution is -2.25. The van der Waals surface area contributed by atoms with E-state index < -0.39 is 10.0 Å². The fourth-order valence-corrected chi connectivity index (χ4v) is 4.04. The van der Waals surface area contributed by atoms with Crippen molar-refractivity contribution in [2.45, 2.75) is 11.3 Å². The molecule has 0 aliphatic rings. The highest BCUT2D eigenvalue weighted by atomic mass is 32.2. The average molecular weight is 441 g/mol. The van der Waals surface area contributed by atoms with Crippen LogP contribution in [-0.2, 0) is 16.4 Å². The Bertz CT molecular complexity index is 1130. The predicted molar refractivity (Wildman–Crippen MR) is 119 cm³/mol. The summed E-state index contributed by atoms with van der Waals surface area (Å²) in [6.07, 6.45) is 0.626. The SMILES string of the molecule is COc1ccc(CCNC(=O)c2ccc(NS(=O)(=O)c3ccccc3)cc2)cc1OC. The highest BCUT2D eigenvalue weighted by Crippen LogP contribution is 2.27. The van der Waals surface area contributed by atoms with Gasteiger partial charge in [-0.25, -0.2) is 8.42 Å². The van der Waals surface area contributed by atoms with E-state index in [4.69, 9.17) is 9.47 Å². The van der Waals surface area contributed by atoms with Crippen LogP contribution in [0.2, 0.25) is 0 Å². The molecular weight excluding hydrogens is 416 g/mol. The number of carbonyl (C=O) groups excluding carboxylic acids is 1. The zero-order valence-electron chi connectivity index (χ0n) is 17.3. The van der Waals surface area contributed by atoms with Crippen LogP contribution in [0.4, 0.5) is 5.69 Å². The molecule has 3 rings (SSSR count). The highest BCUT2D eigenvalue weighted by molar-refractivity contribution is 7.92. The van der Waals surface area contributed by atoms with Crippen LogP contribution in [0.1, 0.15) is 15.9 Å². The quantitative estimate of drug-likeness (QED) is 0.531. The monoisotopic (exact) mass is 440 g/mol. The van der Waals surface area contributed by atoms with Crippen LogP contribution in [0, 0.1) is 0 Å². The Kier molecular flexibility index (Phi) is 7.15. The third-order valence-corrected chi connectivity index (χ3v) is 6.00. The summed E-state index contributed by atoms with van der Waals surface area (Å²) in [6, 6.07) is 20.0. The molecule has 0 aliphatic carbocycles. The molecule has 0 aliphatic heterocycles. The van der Waals surface area contributed by atoms with E-state index in [0.717, 1.165) is 5.56 Å². The van der Waals surface area contributed by atoms with Gasteiger partial charge in [0.2, 0.25) is 0 Å². The number of amides is 1. The maximum absolute atomic E-state index is 12.4. The van der Waals surface area contributed by atoms with Crippen LogP contribution in [-0.4, -0.2) is 35.1 Å². The summed E-state index contributed by atoms with van der Waals surface area (Å²) in [5, 5.41) is 2.86. The fraction of sp³-hybridized carbons (Fsp3) is 0.174. The molecule has 31 heavy (non-hydrogen) atoms. The van der Waals surface area contributed by atoms with Gasteiger partial charge < -0.3 is 14.8 Å². The number of sulfonamides is 1. The summed E-state index contributed by atoms with van der Waals surface area (Å²) in [5.74, 6) is 1.05. The zero-order valence-corrected chi connectivity index (χ0v) is 18.1. The van der Waals surface area contributed by atoms with E-state index >= 15 is 0 Å².